The molecule has 30 heavy (non-hydrogen) atoms. The van der Waals surface area contributed by atoms with Crippen LogP contribution in [0.5, 0.6) is 5.75 Å². The van der Waals surface area contributed by atoms with E-state index in [1.54, 1.807) is 6.07 Å². The molecule has 0 saturated carbocycles. The highest BCUT2D eigenvalue weighted by Gasteiger charge is 2.26. The first-order valence-electron chi connectivity index (χ1n) is 10.1. The lowest BCUT2D eigenvalue weighted by molar-refractivity contribution is -0.126. The van der Waals surface area contributed by atoms with E-state index in [9.17, 15) is 4.79 Å². The quantitative estimate of drug-likeness (QED) is 0.588. The van der Waals surface area contributed by atoms with Crippen LogP contribution >= 0.6 is 11.6 Å². The van der Waals surface area contributed by atoms with Gasteiger partial charge < -0.3 is 14.8 Å². The molecule has 5 heteroatoms. The van der Waals surface area contributed by atoms with Gasteiger partial charge in [0.1, 0.15) is 12.4 Å². The number of hydrogen-bond acceptors (Lipinski definition) is 3. The van der Waals surface area contributed by atoms with E-state index in [0.717, 1.165) is 28.0 Å². The molecule has 154 valence electrons. The maximum atomic E-state index is 12.7. The monoisotopic (exact) mass is 421 g/mol. The fourth-order valence-corrected chi connectivity index (χ4v) is 3.78. The summed E-state index contributed by atoms with van der Waals surface area (Å²) in [7, 11) is 0. The highest BCUT2D eigenvalue weighted by Crippen LogP contribution is 2.29. The summed E-state index contributed by atoms with van der Waals surface area (Å²) in [5.74, 6) is 0.572. The summed E-state index contributed by atoms with van der Waals surface area (Å²) >= 11 is 6.08. The van der Waals surface area contributed by atoms with Gasteiger partial charge >= 0.3 is 0 Å². The predicted octanol–water partition coefficient (Wildman–Crippen LogP) is 4.92. The molecule has 1 aliphatic heterocycles. The van der Waals surface area contributed by atoms with Gasteiger partial charge in [0, 0.05) is 11.6 Å². The van der Waals surface area contributed by atoms with Gasteiger partial charge in [-0.15, -0.1) is 0 Å². The Bertz CT molecular complexity index is 1010. The van der Waals surface area contributed by atoms with Gasteiger partial charge in [0.2, 0.25) is 5.91 Å². The molecule has 0 bridgehead atoms. The molecule has 4 rings (SSSR count). The van der Waals surface area contributed by atoms with Gasteiger partial charge in [-0.05, 0) is 46.9 Å². The van der Waals surface area contributed by atoms with Crippen molar-refractivity contribution in [3.63, 3.8) is 0 Å². The van der Waals surface area contributed by atoms with Gasteiger partial charge in [-0.2, -0.15) is 0 Å². The third kappa shape index (κ3) is 5.21. The maximum Gasteiger partial charge on any atom is 0.227 e. The van der Waals surface area contributed by atoms with Gasteiger partial charge in [0.05, 0.1) is 19.1 Å². The van der Waals surface area contributed by atoms with Crippen molar-refractivity contribution >= 4 is 17.5 Å². The first kappa shape index (κ1) is 20.5. The van der Waals surface area contributed by atoms with Gasteiger partial charge in [0.15, 0.2) is 0 Å². The Morgan fingerprint density at radius 1 is 1.00 bits per heavy atom. The number of hydrogen-bond donors (Lipinski definition) is 1. The molecule has 1 heterocycles. The Morgan fingerprint density at radius 3 is 2.60 bits per heavy atom. The van der Waals surface area contributed by atoms with Crippen LogP contribution in [0.2, 0.25) is 5.02 Å². The van der Waals surface area contributed by atoms with Crippen molar-refractivity contribution in [3.8, 4) is 5.75 Å². The Kier molecular flexibility index (Phi) is 6.67. The number of nitrogens with one attached hydrogen (secondary N) is 1. The van der Waals surface area contributed by atoms with Crippen molar-refractivity contribution in [1.82, 2.24) is 5.32 Å². The van der Waals surface area contributed by atoms with Gasteiger partial charge in [-0.1, -0.05) is 66.2 Å². The minimum absolute atomic E-state index is 0.0133. The van der Waals surface area contributed by atoms with E-state index in [2.05, 4.69) is 5.32 Å². The number of ether oxygens (including phenoxy) is 2. The third-order valence-corrected chi connectivity index (χ3v) is 5.48. The van der Waals surface area contributed by atoms with E-state index in [1.165, 1.54) is 0 Å². The zero-order valence-electron chi connectivity index (χ0n) is 16.6. The minimum Gasteiger partial charge on any atom is -0.492 e. The van der Waals surface area contributed by atoms with Crippen molar-refractivity contribution in [1.29, 1.82) is 0 Å². The summed E-state index contributed by atoms with van der Waals surface area (Å²) in [4.78, 5) is 12.7. The van der Waals surface area contributed by atoms with Crippen LogP contribution in [0.4, 0.5) is 0 Å². The van der Waals surface area contributed by atoms with Crippen molar-refractivity contribution in [2.75, 3.05) is 6.61 Å². The first-order chi connectivity index (χ1) is 14.7. The second-order valence-corrected chi connectivity index (χ2v) is 7.87. The topological polar surface area (TPSA) is 47.6 Å². The van der Waals surface area contributed by atoms with Crippen molar-refractivity contribution < 1.29 is 14.3 Å². The smallest absolute Gasteiger partial charge is 0.227 e. The van der Waals surface area contributed by atoms with E-state index in [4.69, 9.17) is 21.1 Å². The Morgan fingerprint density at radius 2 is 1.77 bits per heavy atom. The average molecular weight is 422 g/mol. The number of carbonyl (C=O) groups is 1. The molecular formula is C25H24ClNO3. The van der Waals surface area contributed by atoms with Crippen LogP contribution < -0.4 is 10.1 Å². The normalized spacial score (nSPS) is 15.2. The number of fused-ring (bicyclic) bond motifs is 1. The highest BCUT2D eigenvalue weighted by atomic mass is 35.5. The number of benzene rings is 3. The lowest BCUT2D eigenvalue weighted by Gasteiger charge is -2.25. The summed E-state index contributed by atoms with van der Waals surface area (Å²) in [6, 6.07) is 23.6. The van der Waals surface area contributed by atoms with E-state index in [-0.39, 0.29) is 11.8 Å². The van der Waals surface area contributed by atoms with E-state index < -0.39 is 0 Å². The molecule has 3 aromatic carbocycles. The largest absolute Gasteiger partial charge is 0.492 e. The predicted molar refractivity (Wildman–Crippen MR) is 117 cm³/mol. The molecule has 1 N–H and O–H groups in total. The summed E-state index contributed by atoms with van der Waals surface area (Å²) in [6.07, 6.45) is 0.629. The van der Waals surface area contributed by atoms with E-state index in [1.807, 2.05) is 66.7 Å². The van der Waals surface area contributed by atoms with Crippen molar-refractivity contribution in [3.05, 3.63) is 100 Å². The number of amides is 1. The van der Waals surface area contributed by atoms with Crippen LogP contribution in [0.1, 0.15) is 22.3 Å². The number of halogens is 1. The molecule has 1 unspecified atom stereocenters. The van der Waals surface area contributed by atoms with Crippen LogP contribution in [-0.2, 0) is 35.7 Å². The van der Waals surface area contributed by atoms with Gasteiger partial charge in [-0.3, -0.25) is 4.79 Å². The Labute approximate surface area is 181 Å². The summed E-state index contributed by atoms with van der Waals surface area (Å²) in [5, 5.41) is 3.71. The second-order valence-electron chi connectivity index (χ2n) is 7.43. The molecule has 0 aromatic heterocycles. The van der Waals surface area contributed by atoms with Gasteiger partial charge in [-0.25, -0.2) is 0 Å². The van der Waals surface area contributed by atoms with Crippen LogP contribution in [-0.4, -0.2) is 12.5 Å². The van der Waals surface area contributed by atoms with Crippen molar-refractivity contribution in [2.45, 2.75) is 26.2 Å². The van der Waals surface area contributed by atoms with Crippen molar-refractivity contribution in [2.24, 2.45) is 5.92 Å². The average Bonchev–Trinajstić information content (AvgIpc) is 2.78. The Hall–Kier alpha value is -2.82. The van der Waals surface area contributed by atoms with E-state index in [0.29, 0.717) is 37.8 Å². The molecule has 0 radical (unpaired) electrons. The lowest BCUT2D eigenvalue weighted by Crippen LogP contribution is -2.37. The first-order valence-corrected chi connectivity index (χ1v) is 10.4. The fraction of sp³-hybridized carbons (Fsp3) is 0.240. The number of carbonyl (C=O) groups excluding carboxylic acids is 1. The summed E-state index contributed by atoms with van der Waals surface area (Å²) in [6.45, 7) is 1.90. The Balaban J connectivity index is 1.32. The lowest BCUT2D eigenvalue weighted by atomic mass is 9.96. The second kappa shape index (κ2) is 9.79. The molecule has 4 nitrogen and oxygen atoms in total. The molecular weight excluding hydrogens is 398 g/mol. The summed E-state index contributed by atoms with van der Waals surface area (Å²) < 4.78 is 11.6. The van der Waals surface area contributed by atoms with Gasteiger partial charge in [0.25, 0.3) is 0 Å². The van der Waals surface area contributed by atoms with Crippen LogP contribution in [0.15, 0.2) is 72.8 Å². The van der Waals surface area contributed by atoms with Crippen LogP contribution in [0.3, 0.4) is 0 Å². The van der Waals surface area contributed by atoms with Crippen LogP contribution in [0, 0.1) is 5.92 Å². The SMILES string of the molecule is O=C(NCc1ccccc1COCc1ccccc1)C1COc2ccc(Cl)cc2C1. The molecule has 1 amide bonds. The van der Waals surface area contributed by atoms with E-state index >= 15 is 0 Å². The zero-order valence-corrected chi connectivity index (χ0v) is 17.4. The number of rotatable bonds is 7. The highest BCUT2D eigenvalue weighted by molar-refractivity contribution is 6.30. The molecule has 0 aliphatic carbocycles. The molecule has 1 atom stereocenters. The molecule has 3 aromatic rings. The molecule has 1 aliphatic rings. The third-order valence-electron chi connectivity index (χ3n) is 5.24. The zero-order chi connectivity index (χ0) is 20.8. The molecule has 0 spiro atoms. The standard InChI is InChI=1S/C25H24ClNO3/c26-23-10-11-24-21(13-23)12-22(17-30-24)25(28)27-14-19-8-4-5-9-20(19)16-29-15-18-6-2-1-3-7-18/h1-11,13,22H,12,14-17H2,(H,27,28). The fourth-order valence-electron chi connectivity index (χ4n) is 3.58. The molecule has 0 fully saturated rings. The van der Waals surface area contributed by atoms with Crippen LogP contribution in [0.25, 0.3) is 0 Å². The maximum absolute atomic E-state index is 12.7. The summed E-state index contributed by atoms with van der Waals surface area (Å²) in [5.41, 5.74) is 4.24. The minimum atomic E-state index is -0.225. The molecule has 0 saturated heterocycles.